The zero-order valence-corrected chi connectivity index (χ0v) is 19.6. The lowest BCUT2D eigenvalue weighted by molar-refractivity contribution is 0.101. The minimum absolute atomic E-state index is 0.0394. The maximum atomic E-state index is 14.6. The molecule has 0 atom stereocenters. The number of hydrogen-bond acceptors (Lipinski definition) is 6. The number of hydrogen-bond donors (Lipinski definition) is 3. The number of carbonyl (C=O) groups excluding carboxylic acids is 2. The van der Waals surface area contributed by atoms with E-state index in [1.165, 1.54) is 39.7 Å². The van der Waals surface area contributed by atoms with E-state index in [1.54, 1.807) is 18.3 Å². The lowest BCUT2D eigenvalue weighted by Gasteiger charge is -2.15. The third-order valence-corrected chi connectivity index (χ3v) is 5.45. The molecule has 0 fully saturated rings. The van der Waals surface area contributed by atoms with Crippen molar-refractivity contribution in [3.8, 4) is 17.2 Å². The van der Waals surface area contributed by atoms with Crippen molar-refractivity contribution in [3.05, 3.63) is 70.8 Å². The third-order valence-electron chi connectivity index (χ3n) is 5.13. The third kappa shape index (κ3) is 4.82. The number of benzene rings is 2. The maximum Gasteiger partial charge on any atom is 0.257 e. The van der Waals surface area contributed by atoms with Crippen molar-refractivity contribution in [1.82, 2.24) is 9.97 Å². The number of aromatic amines is 1. The number of carbonyl (C=O) groups is 2. The van der Waals surface area contributed by atoms with Gasteiger partial charge in [0.25, 0.3) is 11.8 Å². The summed E-state index contributed by atoms with van der Waals surface area (Å²) in [5.41, 5.74) is 0.927. The Bertz CT molecular complexity index is 1410. The topological polar surface area (TPSA) is 115 Å². The van der Waals surface area contributed by atoms with E-state index in [0.29, 0.717) is 17.1 Å². The molecule has 180 valence electrons. The van der Waals surface area contributed by atoms with Crippen molar-refractivity contribution in [2.75, 3.05) is 32.0 Å². The molecule has 0 saturated carbocycles. The van der Waals surface area contributed by atoms with Crippen molar-refractivity contribution in [3.63, 3.8) is 0 Å². The number of amides is 2. The van der Waals surface area contributed by atoms with E-state index in [9.17, 15) is 14.0 Å². The number of nitrogens with one attached hydrogen (secondary N) is 3. The molecule has 4 rings (SSSR count). The molecule has 0 aliphatic rings. The Morgan fingerprint density at radius 2 is 1.69 bits per heavy atom. The Labute approximate surface area is 204 Å². The fourth-order valence-corrected chi connectivity index (χ4v) is 3.67. The summed E-state index contributed by atoms with van der Waals surface area (Å²) in [4.78, 5) is 32.9. The summed E-state index contributed by atoms with van der Waals surface area (Å²) in [6.45, 7) is 0. The van der Waals surface area contributed by atoms with Gasteiger partial charge in [0.1, 0.15) is 11.5 Å². The zero-order valence-electron chi connectivity index (χ0n) is 18.9. The second-order valence-corrected chi connectivity index (χ2v) is 7.68. The van der Waals surface area contributed by atoms with E-state index in [4.69, 9.17) is 25.8 Å². The van der Waals surface area contributed by atoms with Gasteiger partial charge in [0.05, 0.1) is 49.5 Å². The van der Waals surface area contributed by atoms with E-state index in [2.05, 4.69) is 20.6 Å². The smallest absolute Gasteiger partial charge is 0.257 e. The summed E-state index contributed by atoms with van der Waals surface area (Å²) >= 11 is 6.13. The standard InChI is InChI=1S/C24H20ClFN4O5/c1-33-19-7-13(8-20(34-2)21(19)35-3)23(31)30-18-9-15(16(25)10-17(18)26)24(32)29-14-6-12-4-5-27-22(12)28-11-14/h4-11H,1-3H3,(H,27,28)(H,29,32)(H,30,31). The molecule has 9 nitrogen and oxygen atoms in total. The van der Waals surface area contributed by atoms with E-state index in [0.717, 1.165) is 17.5 Å². The van der Waals surface area contributed by atoms with Crippen LogP contribution in [0.4, 0.5) is 15.8 Å². The Kier molecular flexibility index (Phi) is 6.74. The minimum Gasteiger partial charge on any atom is -0.493 e. The van der Waals surface area contributed by atoms with Crippen LogP contribution in [-0.2, 0) is 0 Å². The minimum atomic E-state index is -0.817. The molecule has 0 aliphatic carbocycles. The van der Waals surface area contributed by atoms with Gasteiger partial charge in [0.2, 0.25) is 5.75 Å². The SMILES string of the molecule is COc1cc(C(=O)Nc2cc(C(=O)Nc3cnc4[nH]ccc4c3)c(Cl)cc2F)cc(OC)c1OC. The zero-order chi connectivity index (χ0) is 25.1. The van der Waals surface area contributed by atoms with E-state index >= 15 is 0 Å². The van der Waals surface area contributed by atoms with Gasteiger partial charge in [-0.2, -0.15) is 0 Å². The monoisotopic (exact) mass is 498 g/mol. The average Bonchev–Trinajstić information content (AvgIpc) is 3.32. The van der Waals surface area contributed by atoms with Crippen LogP contribution in [0.3, 0.4) is 0 Å². The predicted molar refractivity (Wildman–Crippen MR) is 130 cm³/mol. The number of anilines is 2. The van der Waals surface area contributed by atoms with Crippen LogP contribution in [0.1, 0.15) is 20.7 Å². The molecule has 35 heavy (non-hydrogen) atoms. The van der Waals surface area contributed by atoms with E-state index < -0.39 is 17.6 Å². The van der Waals surface area contributed by atoms with Crippen molar-refractivity contribution in [2.24, 2.45) is 0 Å². The Morgan fingerprint density at radius 1 is 0.971 bits per heavy atom. The number of nitrogens with zero attached hydrogens (tertiary/aromatic N) is 1. The molecular formula is C24H20ClFN4O5. The molecule has 3 N–H and O–H groups in total. The molecule has 0 saturated heterocycles. The van der Waals surface area contributed by atoms with Crippen LogP contribution < -0.4 is 24.8 Å². The number of H-pyrrole nitrogens is 1. The molecule has 0 aliphatic heterocycles. The molecule has 0 radical (unpaired) electrons. The normalized spacial score (nSPS) is 10.7. The van der Waals surface area contributed by atoms with E-state index in [1.807, 2.05) is 0 Å². The predicted octanol–water partition coefficient (Wildman–Crippen LogP) is 4.89. The van der Waals surface area contributed by atoms with Crippen LogP contribution in [0.5, 0.6) is 17.2 Å². The Balaban J connectivity index is 1.60. The van der Waals surface area contributed by atoms with Gasteiger partial charge in [-0.3, -0.25) is 9.59 Å². The van der Waals surface area contributed by atoms with Crippen LogP contribution in [0, 0.1) is 5.82 Å². The highest BCUT2D eigenvalue weighted by atomic mass is 35.5. The van der Waals surface area contributed by atoms with Crippen molar-refractivity contribution in [1.29, 1.82) is 0 Å². The molecule has 11 heteroatoms. The number of methoxy groups -OCH3 is 3. The number of rotatable bonds is 7. The molecule has 4 aromatic rings. The molecule has 0 bridgehead atoms. The first-order chi connectivity index (χ1) is 16.8. The van der Waals surface area contributed by atoms with Crippen LogP contribution in [0.2, 0.25) is 5.02 Å². The van der Waals surface area contributed by atoms with Crippen LogP contribution in [0.25, 0.3) is 11.0 Å². The summed E-state index contributed by atoms with van der Waals surface area (Å²) in [5.74, 6) is -1.28. The van der Waals surface area contributed by atoms with Crippen molar-refractivity contribution in [2.45, 2.75) is 0 Å². The highest BCUT2D eigenvalue weighted by Crippen LogP contribution is 2.38. The Morgan fingerprint density at radius 3 is 2.34 bits per heavy atom. The molecule has 2 amide bonds. The van der Waals surface area contributed by atoms with Gasteiger partial charge in [0.15, 0.2) is 11.5 Å². The summed E-state index contributed by atoms with van der Waals surface area (Å²) in [6.07, 6.45) is 3.20. The number of halogens is 2. The molecule has 0 unspecified atom stereocenters. The van der Waals surface area contributed by atoms with Gasteiger partial charge in [-0.05, 0) is 36.4 Å². The quantitative estimate of drug-likeness (QED) is 0.334. The van der Waals surface area contributed by atoms with Crippen LogP contribution >= 0.6 is 11.6 Å². The van der Waals surface area contributed by atoms with Gasteiger partial charge in [-0.1, -0.05) is 11.6 Å². The maximum absolute atomic E-state index is 14.6. The molecular weight excluding hydrogens is 479 g/mol. The van der Waals surface area contributed by atoms with Gasteiger partial charge in [-0.25, -0.2) is 9.37 Å². The Hall–Kier alpha value is -4.31. The number of pyridine rings is 1. The molecule has 2 aromatic heterocycles. The summed E-state index contributed by atoms with van der Waals surface area (Å²) in [5, 5.41) is 5.80. The largest absolute Gasteiger partial charge is 0.493 e. The molecule has 0 spiro atoms. The molecule has 2 aromatic carbocycles. The first-order valence-corrected chi connectivity index (χ1v) is 10.6. The van der Waals surface area contributed by atoms with Crippen LogP contribution in [0.15, 0.2) is 48.8 Å². The fourth-order valence-electron chi connectivity index (χ4n) is 3.43. The summed E-state index contributed by atoms with van der Waals surface area (Å²) < 4.78 is 30.4. The first-order valence-electron chi connectivity index (χ1n) is 10.2. The first kappa shape index (κ1) is 23.8. The average molecular weight is 499 g/mol. The van der Waals surface area contributed by atoms with E-state index in [-0.39, 0.29) is 33.3 Å². The number of ether oxygens (including phenoxy) is 3. The lowest BCUT2D eigenvalue weighted by atomic mass is 10.1. The second kappa shape index (κ2) is 9.90. The number of aromatic nitrogens is 2. The van der Waals surface area contributed by atoms with Gasteiger partial charge in [-0.15, -0.1) is 0 Å². The molecule has 2 heterocycles. The van der Waals surface area contributed by atoms with Gasteiger partial charge in [0, 0.05) is 17.1 Å². The van der Waals surface area contributed by atoms with Crippen LogP contribution in [-0.4, -0.2) is 43.1 Å². The van der Waals surface area contributed by atoms with Gasteiger partial charge >= 0.3 is 0 Å². The second-order valence-electron chi connectivity index (χ2n) is 7.27. The summed E-state index contributed by atoms with van der Waals surface area (Å²) in [6, 6.07) is 8.48. The highest BCUT2D eigenvalue weighted by Gasteiger charge is 2.20. The lowest BCUT2D eigenvalue weighted by Crippen LogP contribution is -2.16. The van der Waals surface area contributed by atoms with Gasteiger partial charge < -0.3 is 29.8 Å². The van der Waals surface area contributed by atoms with Crippen molar-refractivity contribution < 1.29 is 28.2 Å². The highest BCUT2D eigenvalue weighted by molar-refractivity contribution is 6.34. The number of fused-ring (bicyclic) bond motifs is 1. The summed E-state index contributed by atoms with van der Waals surface area (Å²) in [7, 11) is 4.25. The van der Waals surface area contributed by atoms with Crippen molar-refractivity contribution >= 4 is 45.8 Å². The fraction of sp³-hybridized carbons (Fsp3) is 0.125.